The Kier molecular flexibility index (Phi) is 8.96. The number of rotatable bonds is 7. The van der Waals surface area contributed by atoms with E-state index in [0.717, 1.165) is 25.7 Å². The Morgan fingerprint density at radius 1 is 1.08 bits per heavy atom. The molecule has 0 spiro atoms. The van der Waals surface area contributed by atoms with Crippen molar-refractivity contribution in [1.29, 1.82) is 0 Å². The number of carbonyl (C=O) groups excluding carboxylic acids is 2. The second-order valence-electron chi connectivity index (χ2n) is 9.81. The van der Waals surface area contributed by atoms with Gasteiger partial charge in [-0.3, -0.25) is 9.59 Å². The fourth-order valence-electron chi connectivity index (χ4n) is 4.67. The van der Waals surface area contributed by atoms with E-state index in [2.05, 4.69) is 51.9 Å². The summed E-state index contributed by atoms with van der Waals surface area (Å²) in [5, 5.41) is 8.65. The van der Waals surface area contributed by atoms with Crippen LogP contribution in [-0.4, -0.2) is 68.1 Å². The summed E-state index contributed by atoms with van der Waals surface area (Å²) in [6, 6.07) is 6.13. The number of carbonyl (C=O) groups is 2. The fraction of sp³-hybridized carbons (Fsp3) is 0.520. The lowest BCUT2D eigenvalue weighted by Gasteiger charge is -2.31. The molecule has 2 heterocycles. The first kappa shape index (κ1) is 28.3. The van der Waals surface area contributed by atoms with Crippen molar-refractivity contribution >= 4 is 52.1 Å². The molecule has 1 saturated heterocycles. The second kappa shape index (κ2) is 12.0. The average Bonchev–Trinajstić information content (AvgIpc) is 3.32. The lowest BCUT2D eigenvalue weighted by atomic mass is 10.0. The van der Waals surface area contributed by atoms with Crippen LogP contribution in [0.5, 0.6) is 0 Å². The van der Waals surface area contributed by atoms with Crippen LogP contribution in [0.15, 0.2) is 30.5 Å². The van der Waals surface area contributed by atoms with Gasteiger partial charge in [-0.05, 0) is 51.0 Å². The molecule has 1 saturated carbocycles. The van der Waals surface area contributed by atoms with E-state index < -0.39 is 23.7 Å². The second-order valence-corrected chi connectivity index (χ2v) is 11.2. The maximum Gasteiger partial charge on any atom is 0.421 e. The topological polar surface area (TPSA) is 102 Å². The van der Waals surface area contributed by atoms with Gasteiger partial charge >= 0.3 is 6.18 Å². The predicted octanol–water partition coefficient (Wildman–Crippen LogP) is 4.45. The van der Waals surface area contributed by atoms with Crippen molar-refractivity contribution in [3.05, 3.63) is 41.6 Å². The molecule has 13 heteroatoms. The molecule has 2 aliphatic rings. The lowest BCUT2D eigenvalue weighted by molar-refractivity contribution is -0.137. The molecule has 2 atom stereocenters. The standard InChI is InChI=1S/C25H31F3IN7O2/c1-15(2)31-22(37)18-4-3-5-20(18)33-21-19(25(26,27)28)14-30-24(34-21)32-17-8-6-16(7-9-17)23(38)35-10-12-36(29)13-11-35/h6-9,14-15,18,20H,3-5,10-13H2,1-2H3,(H,31,37)(H2,30,32,33,34)/t18-,20+/m0/s1. The molecule has 0 unspecified atom stereocenters. The van der Waals surface area contributed by atoms with Crippen LogP contribution in [0.3, 0.4) is 0 Å². The molecule has 206 valence electrons. The van der Waals surface area contributed by atoms with Crippen LogP contribution >= 0.6 is 22.9 Å². The van der Waals surface area contributed by atoms with Gasteiger partial charge in [-0.15, -0.1) is 0 Å². The molecule has 2 aromatic rings. The smallest absolute Gasteiger partial charge is 0.366 e. The van der Waals surface area contributed by atoms with E-state index in [9.17, 15) is 22.8 Å². The van der Waals surface area contributed by atoms with E-state index >= 15 is 0 Å². The summed E-state index contributed by atoms with van der Waals surface area (Å²) in [7, 11) is 0. The predicted molar refractivity (Wildman–Crippen MR) is 146 cm³/mol. The number of aromatic nitrogens is 2. The molecule has 38 heavy (non-hydrogen) atoms. The zero-order chi connectivity index (χ0) is 27.4. The fourth-order valence-corrected chi connectivity index (χ4v) is 5.10. The molecule has 9 nitrogen and oxygen atoms in total. The number of benzene rings is 1. The number of alkyl halides is 3. The Morgan fingerprint density at radius 2 is 1.76 bits per heavy atom. The highest BCUT2D eigenvalue weighted by Gasteiger charge is 2.39. The Bertz CT molecular complexity index is 1140. The quantitative estimate of drug-likeness (QED) is 0.302. The summed E-state index contributed by atoms with van der Waals surface area (Å²) < 4.78 is 43.4. The molecular formula is C25H31F3IN7O2. The highest BCUT2D eigenvalue weighted by atomic mass is 127. The molecule has 4 rings (SSSR count). The van der Waals surface area contributed by atoms with Gasteiger partial charge in [-0.2, -0.15) is 18.2 Å². The summed E-state index contributed by atoms with van der Waals surface area (Å²) in [5.74, 6) is -1.09. The average molecular weight is 645 g/mol. The van der Waals surface area contributed by atoms with Gasteiger partial charge in [0.15, 0.2) is 0 Å². The van der Waals surface area contributed by atoms with Gasteiger partial charge in [0, 0.05) is 78.6 Å². The number of amides is 2. The van der Waals surface area contributed by atoms with Crippen molar-refractivity contribution in [3.8, 4) is 0 Å². The maximum atomic E-state index is 13.7. The summed E-state index contributed by atoms with van der Waals surface area (Å²) in [6.45, 7) is 6.59. The number of halogens is 4. The summed E-state index contributed by atoms with van der Waals surface area (Å²) in [4.78, 5) is 35.1. The zero-order valence-corrected chi connectivity index (χ0v) is 23.3. The van der Waals surface area contributed by atoms with Crippen LogP contribution in [0.2, 0.25) is 0 Å². The number of nitrogens with one attached hydrogen (secondary N) is 3. The maximum absolute atomic E-state index is 13.7. The molecule has 2 fully saturated rings. The van der Waals surface area contributed by atoms with Crippen molar-refractivity contribution in [2.75, 3.05) is 36.8 Å². The molecule has 1 aliphatic carbocycles. The van der Waals surface area contributed by atoms with Gasteiger partial charge < -0.3 is 20.9 Å². The van der Waals surface area contributed by atoms with E-state index in [4.69, 9.17) is 0 Å². The molecule has 0 radical (unpaired) electrons. The van der Waals surface area contributed by atoms with Crippen LogP contribution < -0.4 is 16.0 Å². The molecule has 0 bridgehead atoms. The number of nitrogens with zero attached hydrogens (tertiary/aromatic N) is 4. The van der Waals surface area contributed by atoms with Crippen LogP contribution in [0.1, 0.15) is 49.0 Å². The SMILES string of the molecule is CC(C)NC(=O)[C@H]1CCC[C@H]1Nc1nc(Nc2ccc(C(=O)N3CCN(I)CC3)cc2)ncc1C(F)(F)F. The zero-order valence-electron chi connectivity index (χ0n) is 21.2. The normalized spacial score (nSPS) is 20.4. The van der Waals surface area contributed by atoms with Crippen LogP contribution in [0, 0.1) is 5.92 Å². The third-order valence-corrected chi connectivity index (χ3v) is 7.57. The van der Waals surface area contributed by atoms with Crippen LogP contribution in [0.4, 0.5) is 30.6 Å². The van der Waals surface area contributed by atoms with Crippen molar-refractivity contribution in [2.24, 2.45) is 5.92 Å². The first-order valence-corrected chi connectivity index (χ1v) is 13.6. The minimum atomic E-state index is -4.67. The molecule has 1 aliphatic heterocycles. The molecule has 1 aromatic heterocycles. The van der Waals surface area contributed by atoms with E-state index in [1.165, 1.54) is 0 Å². The van der Waals surface area contributed by atoms with E-state index in [0.29, 0.717) is 37.2 Å². The minimum absolute atomic E-state index is 0.0288. The Balaban J connectivity index is 1.49. The van der Waals surface area contributed by atoms with Crippen molar-refractivity contribution in [3.63, 3.8) is 0 Å². The number of hydrogen-bond acceptors (Lipinski definition) is 7. The van der Waals surface area contributed by atoms with Gasteiger partial charge in [0.25, 0.3) is 5.91 Å². The molecule has 3 N–H and O–H groups in total. The number of anilines is 3. The Labute approximate surface area is 233 Å². The van der Waals surface area contributed by atoms with Gasteiger partial charge in [0.2, 0.25) is 11.9 Å². The Morgan fingerprint density at radius 3 is 2.39 bits per heavy atom. The summed E-state index contributed by atoms with van der Waals surface area (Å²) in [6.07, 6.45) is -2.06. The third-order valence-electron chi connectivity index (χ3n) is 6.60. The third kappa shape index (κ3) is 7.04. The molecular weight excluding hydrogens is 614 g/mol. The largest absolute Gasteiger partial charge is 0.421 e. The van der Waals surface area contributed by atoms with Crippen LogP contribution in [0.25, 0.3) is 0 Å². The highest BCUT2D eigenvalue weighted by molar-refractivity contribution is 14.1. The van der Waals surface area contributed by atoms with Crippen molar-refractivity contribution in [1.82, 2.24) is 23.3 Å². The van der Waals surface area contributed by atoms with E-state index in [1.54, 1.807) is 29.2 Å². The lowest BCUT2D eigenvalue weighted by Crippen LogP contribution is -2.45. The van der Waals surface area contributed by atoms with Crippen molar-refractivity contribution < 1.29 is 22.8 Å². The Hall–Kier alpha value is -2.68. The van der Waals surface area contributed by atoms with Gasteiger partial charge in [-0.25, -0.2) is 8.10 Å². The highest BCUT2D eigenvalue weighted by Crippen LogP contribution is 2.36. The van der Waals surface area contributed by atoms with Gasteiger partial charge in [0.1, 0.15) is 11.4 Å². The van der Waals surface area contributed by atoms with Gasteiger partial charge in [-0.1, -0.05) is 6.42 Å². The van der Waals surface area contributed by atoms with Crippen LogP contribution in [-0.2, 0) is 11.0 Å². The summed E-state index contributed by atoms with van der Waals surface area (Å²) in [5.41, 5.74) is 0.0602. The summed E-state index contributed by atoms with van der Waals surface area (Å²) >= 11 is 2.24. The monoisotopic (exact) mass is 645 g/mol. The number of piperazine rings is 1. The molecule has 2 amide bonds. The molecule has 1 aromatic carbocycles. The van der Waals surface area contributed by atoms with Crippen molar-refractivity contribution in [2.45, 2.75) is 51.4 Å². The first-order valence-electron chi connectivity index (χ1n) is 12.6. The van der Waals surface area contributed by atoms with Gasteiger partial charge in [0.05, 0.1) is 5.92 Å². The first-order chi connectivity index (χ1) is 18.0. The van der Waals surface area contributed by atoms with E-state index in [1.807, 2.05) is 13.8 Å². The minimum Gasteiger partial charge on any atom is -0.366 e. The van der Waals surface area contributed by atoms with E-state index in [-0.39, 0.29) is 29.6 Å². The number of hydrogen-bond donors (Lipinski definition) is 3.